The van der Waals surface area contributed by atoms with Crippen LogP contribution in [0.15, 0.2) is 60.7 Å². The number of rotatable bonds is 8. The minimum absolute atomic E-state index is 0.0203. The summed E-state index contributed by atoms with van der Waals surface area (Å²) in [5.74, 6) is -0.981. The van der Waals surface area contributed by atoms with Gasteiger partial charge in [0.25, 0.3) is 0 Å². The maximum atomic E-state index is 12.9. The summed E-state index contributed by atoms with van der Waals surface area (Å²) in [5, 5.41) is 15.7. The van der Waals surface area contributed by atoms with E-state index in [1.807, 2.05) is 60.7 Å². The van der Waals surface area contributed by atoms with Crippen LogP contribution >= 0.6 is 0 Å². The summed E-state index contributed by atoms with van der Waals surface area (Å²) in [7, 11) is 0. The third-order valence-electron chi connectivity index (χ3n) is 5.42. The number of carboxylic acids is 1. The maximum Gasteiger partial charge on any atom is 0.306 e. The van der Waals surface area contributed by atoms with Crippen molar-refractivity contribution in [1.82, 2.24) is 10.6 Å². The average molecular weight is 380 g/mol. The molecule has 2 aromatic carbocycles. The number of aliphatic carboxylic acids is 1. The Kier molecular flexibility index (Phi) is 7.20. The highest BCUT2D eigenvalue weighted by Gasteiger charge is 2.29. The second-order valence-electron chi connectivity index (χ2n) is 7.50. The zero-order valence-electron chi connectivity index (χ0n) is 16.0. The van der Waals surface area contributed by atoms with E-state index in [0.29, 0.717) is 25.8 Å². The van der Waals surface area contributed by atoms with Gasteiger partial charge in [-0.3, -0.25) is 9.59 Å². The highest BCUT2D eigenvalue weighted by molar-refractivity contribution is 5.82. The van der Waals surface area contributed by atoms with Crippen LogP contribution in [0, 0.1) is 5.92 Å². The van der Waals surface area contributed by atoms with Crippen molar-refractivity contribution in [3.63, 3.8) is 0 Å². The third-order valence-corrected chi connectivity index (χ3v) is 5.42. The monoisotopic (exact) mass is 380 g/mol. The molecule has 3 rings (SSSR count). The molecule has 0 radical (unpaired) electrons. The number of carboxylic acid groups (broad SMARTS) is 1. The van der Waals surface area contributed by atoms with Crippen LogP contribution in [-0.2, 0) is 22.6 Å². The number of benzene rings is 2. The van der Waals surface area contributed by atoms with E-state index in [4.69, 9.17) is 0 Å². The van der Waals surface area contributed by atoms with Gasteiger partial charge in [-0.25, -0.2) is 0 Å². The summed E-state index contributed by atoms with van der Waals surface area (Å²) in [5.41, 5.74) is 2.17. The van der Waals surface area contributed by atoms with E-state index in [9.17, 15) is 14.7 Å². The van der Waals surface area contributed by atoms with Gasteiger partial charge < -0.3 is 15.7 Å². The van der Waals surface area contributed by atoms with Gasteiger partial charge >= 0.3 is 5.97 Å². The summed E-state index contributed by atoms with van der Waals surface area (Å²) in [6.45, 7) is 0.498. The largest absolute Gasteiger partial charge is 0.481 e. The first-order valence-electron chi connectivity index (χ1n) is 9.96. The van der Waals surface area contributed by atoms with Crippen molar-refractivity contribution in [3.8, 4) is 0 Å². The molecule has 2 aromatic rings. The standard InChI is InChI=1S/C23H28N2O3/c26-22(24-16-18-9-5-2-6-10-18)21(15-17-7-3-1-4-8-17)25-20-13-11-19(12-14-20)23(27)28/h1-10,19-21,25H,11-16H2,(H,24,26)(H,27,28). The molecule has 1 atom stereocenters. The zero-order valence-corrected chi connectivity index (χ0v) is 16.0. The van der Waals surface area contributed by atoms with E-state index in [2.05, 4.69) is 10.6 Å². The van der Waals surface area contributed by atoms with Crippen LogP contribution < -0.4 is 10.6 Å². The Morgan fingerprint density at radius 1 is 0.893 bits per heavy atom. The summed E-state index contributed by atoms with van der Waals surface area (Å²) in [6.07, 6.45) is 3.51. The maximum absolute atomic E-state index is 12.9. The number of nitrogens with one attached hydrogen (secondary N) is 2. The lowest BCUT2D eigenvalue weighted by molar-refractivity contribution is -0.143. The van der Waals surface area contributed by atoms with Gasteiger partial charge in [-0.05, 0) is 43.2 Å². The molecule has 1 fully saturated rings. The first kappa shape index (κ1) is 20.1. The molecular formula is C23H28N2O3. The van der Waals surface area contributed by atoms with Crippen LogP contribution in [0.3, 0.4) is 0 Å². The number of carbonyl (C=O) groups excluding carboxylic acids is 1. The minimum atomic E-state index is -0.708. The smallest absolute Gasteiger partial charge is 0.306 e. The Balaban J connectivity index is 1.61. The molecule has 0 aromatic heterocycles. The Morgan fingerprint density at radius 3 is 2.04 bits per heavy atom. The summed E-state index contributed by atoms with van der Waals surface area (Å²) < 4.78 is 0. The molecule has 28 heavy (non-hydrogen) atoms. The Morgan fingerprint density at radius 2 is 1.46 bits per heavy atom. The van der Waals surface area contributed by atoms with Crippen molar-refractivity contribution >= 4 is 11.9 Å². The van der Waals surface area contributed by atoms with Crippen LogP contribution in [0.1, 0.15) is 36.8 Å². The molecule has 1 amide bonds. The van der Waals surface area contributed by atoms with E-state index in [0.717, 1.165) is 24.0 Å². The number of carbonyl (C=O) groups is 2. The Bertz CT molecular complexity index is 756. The fourth-order valence-electron chi connectivity index (χ4n) is 3.78. The van der Waals surface area contributed by atoms with Crippen LogP contribution in [0.2, 0.25) is 0 Å². The van der Waals surface area contributed by atoms with Gasteiger partial charge in [0.1, 0.15) is 0 Å². The SMILES string of the molecule is O=C(O)C1CCC(NC(Cc2ccccc2)C(=O)NCc2ccccc2)CC1. The molecular weight excluding hydrogens is 352 g/mol. The number of amides is 1. The van der Waals surface area contributed by atoms with Gasteiger partial charge in [-0.2, -0.15) is 0 Å². The second-order valence-corrected chi connectivity index (χ2v) is 7.50. The molecule has 5 nitrogen and oxygen atoms in total. The Labute approximate surface area is 166 Å². The van der Waals surface area contributed by atoms with Crippen LogP contribution in [-0.4, -0.2) is 29.1 Å². The van der Waals surface area contributed by atoms with Crippen molar-refractivity contribution in [1.29, 1.82) is 0 Å². The topological polar surface area (TPSA) is 78.4 Å². The first-order chi connectivity index (χ1) is 13.6. The quantitative estimate of drug-likeness (QED) is 0.657. The first-order valence-corrected chi connectivity index (χ1v) is 9.96. The van der Waals surface area contributed by atoms with E-state index >= 15 is 0 Å². The fourth-order valence-corrected chi connectivity index (χ4v) is 3.78. The molecule has 0 heterocycles. The van der Waals surface area contributed by atoms with Crippen LogP contribution in [0.25, 0.3) is 0 Å². The molecule has 5 heteroatoms. The second kappa shape index (κ2) is 10.0. The van der Waals surface area contributed by atoms with E-state index < -0.39 is 5.97 Å². The van der Waals surface area contributed by atoms with Gasteiger partial charge in [-0.1, -0.05) is 60.7 Å². The molecule has 0 spiro atoms. The molecule has 1 saturated carbocycles. The lowest BCUT2D eigenvalue weighted by Crippen LogP contribution is -2.50. The predicted octanol–water partition coefficient (Wildman–Crippen LogP) is 3.15. The number of hydrogen-bond donors (Lipinski definition) is 3. The van der Waals surface area contributed by atoms with Crippen LogP contribution in [0.4, 0.5) is 0 Å². The van der Waals surface area contributed by atoms with Gasteiger partial charge in [0.05, 0.1) is 12.0 Å². The normalized spacial score (nSPS) is 20.3. The third kappa shape index (κ3) is 5.92. The molecule has 1 aliphatic rings. The van der Waals surface area contributed by atoms with Crippen molar-refractivity contribution < 1.29 is 14.7 Å². The lowest BCUT2D eigenvalue weighted by Gasteiger charge is -2.30. The minimum Gasteiger partial charge on any atom is -0.481 e. The highest BCUT2D eigenvalue weighted by atomic mass is 16.4. The predicted molar refractivity (Wildman–Crippen MR) is 109 cm³/mol. The van der Waals surface area contributed by atoms with Crippen LogP contribution in [0.5, 0.6) is 0 Å². The molecule has 1 unspecified atom stereocenters. The molecule has 0 aliphatic heterocycles. The van der Waals surface area contributed by atoms with E-state index in [-0.39, 0.29) is 23.9 Å². The van der Waals surface area contributed by atoms with Crippen molar-refractivity contribution in [2.24, 2.45) is 5.92 Å². The number of hydrogen-bond acceptors (Lipinski definition) is 3. The van der Waals surface area contributed by atoms with E-state index in [1.165, 1.54) is 0 Å². The van der Waals surface area contributed by atoms with Gasteiger partial charge in [0.15, 0.2) is 0 Å². The Hall–Kier alpha value is -2.66. The summed E-state index contributed by atoms with van der Waals surface area (Å²) in [4.78, 5) is 24.1. The summed E-state index contributed by atoms with van der Waals surface area (Å²) >= 11 is 0. The van der Waals surface area contributed by atoms with E-state index in [1.54, 1.807) is 0 Å². The highest BCUT2D eigenvalue weighted by Crippen LogP contribution is 2.25. The van der Waals surface area contributed by atoms with Crippen molar-refractivity contribution in [2.75, 3.05) is 0 Å². The molecule has 1 aliphatic carbocycles. The van der Waals surface area contributed by atoms with Gasteiger partial charge in [0.2, 0.25) is 5.91 Å². The zero-order chi connectivity index (χ0) is 19.8. The van der Waals surface area contributed by atoms with Gasteiger partial charge in [0, 0.05) is 12.6 Å². The summed E-state index contributed by atoms with van der Waals surface area (Å²) in [6, 6.07) is 19.7. The molecule has 148 valence electrons. The lowest BCUT2D eigenvalue weighted by atomic mass is 9.85. The fraction of sp³-hybridized carbons (Fsp3) is 0.391. The molecule has 0 bridgehead atoms. The van der Waals surface area contributed by atoms with Crippen molar-refractivity contribution in [2.45, 2.75) is 50.7 Å². The molecule has 0 saturated heterocycles. The molecule has 3 N–H and O–H groups in total. The van der Waals surface area contributed by atoms with Crippen molar-refractivity contribution in [3.05, 3.63) is 71.8 Å². The van der Waals surface area contributed by atoms with Gasteiger partial charge in [-0.15, -0.1) is 0 Å². The average Bonchev–Trinajstić information content (AvgIpc) is 2.73.